The van der Waals surface area contributed by atoms with Crippen LogP contribution in [0, 0.1) is 6.92 Å². The largest absolute Gasteiger partial charge is 0.343 e. The maximum absolute atomic E-state index is 12.3. The van der Waals surface area contributed by atoms with Gasteiger partial charge in [0.1, 0.15) is 0 Å². The van der Waals surface area contributed by atoms with Gasteiger partial charge in [-0.1, -0.05) is 17.7 Å². The number of imidazole rings is 1. The van der Waals surface area contributed by atoms with Gasteiger partial charge < -0.3 is 4.98 Å². The molecule has 0 fully saturated rings. The highest BCUT2D eigenvalue weighted by atomic mass is 35.5. The Morgan fingerprint density at radius 1 is 1.24 bits per heavy atom. The summed E-state index contributed by atoms with van der Waals surface area (Å²) < 4.78 is 27.1. The standard InChI is InChI=1S/C13H11ClN4O2S/c1-8-2-3-10(5-11(8)14)21(19,20)18-9-4-12-13(15-6-9)17-7-16-12/h2-7,18H,1H3,(H,15,16,17). The maximum Gasteiger partial charge on any atom is 0.261 e. The van der Waals surface area contributed by atoms with Gasteiger partial charge in [0, 0.05) is 5.02 Å². The molecule has 3 rings (SSSR count). The van der Waals surface area contributed by atoms with Crippen molar-refractivity contribution in [2.45, 2.75) is 11.8 Å². The molecule has 6 nitrogen and oxygen atoms in total. The SMILES string of the molecule is Cc1ccc(S(=O)(=O)Nc2cnc3nc[nH]c3c2)cc1Cl. The summed E-state index contributed by atoms with van der Waals surface area (Å²) in [5, 5.41) is 0.403. The molecule has 0 aliphatic heterocycles. The molecular formula is C13H11ClN4O2S. The van der Waals surface area contributed by atoms with Gasteiger partial charge in [-0.2, -0.15) is 0 Å². The topological polar surface area (TPSA) is 87.7 Å². The van der Waals surface area contributed by atoms with Crippen LogP contribution in [-0.2, 0) is 10.0 Å². The lowest BCUT2D eigenvalue weighted by Gasteiger charge is -2.08. The molecule has 0 radical (unpaired) electrons. The number of benzene rings is 1. The fourth-order valence-corrected chi connectivity index (χ4v) is 3.15. The number of rotatable bonds is 3. The van der Waals surface area contributed by atoms with E-state index in [4.69, 9.17) is 11.6 Å². The van der Waals surface area contributed by atoms with E-state index in [1.54, 1.807) is 12.1 Å². The predicted octanol–water partition coefficient (Wildman–Crippen LogP) is 2.72. The summed E-state index contributed by atoms with van der Waals surface area (Å²) in [6.45, 7) is 1.81. The number of aromatic nitrogens is 3. The molecule has 0 amide bonds. The molecule has 3 aromatic rings. The van der Waals surface area contributed by atoms with Gasteiger partial charge in [0.15, 0.2) is 5.65 Å². The normalized spacial score (nSPS) is 11.7. The first-order chi connectivity index (χ1) is 9.95. The molecule has 2 N–H and O–H groups in total. The van der Waals surface area contributed by atoms with Crippen LogP contribution in [0.5, 0.6) is 0 Å². The minimum absolute atomic E-state index is 0.0998. The Morgan fingerprint density at radius 3 is 2.81 bits per heavy atom. The Balaban J connectivity index is 1.96. The lowest BCUT2D eigenvalue weighted by Crippen LogP contribution is -2.13. The number of nitrogens with one attached hydrogen (secondary N) is 2. The summed E-state index contributed by atoms with van der Waals surface area (Å²) in [4.78, 5) is 11.0. The van der Waals surface area contributed by atoms with Gasteiger partial charge in [-0.15, -0.1) is 0 Å². The molecular weight excluding hydrogens is 312 g/mol. The van der Waals surface area contributed by atoms with E-state index in [0.29, 0.717) is 21.9 Å². The number of H-pyrrole nitrogens is 1. The second kappa shape index (κ2) is 5.01. The molecule has 0 aliphatic carbocycles. The molecule has 0 unspecified atom stereocenters. The third kappa shape index (κ3) is 2.70. The summed E-state index contributed by atoms with van der Waals surface area (Å²) in [5.41, 5.74) is 2.34. The van der Waals surface area contributed by atoms with Crippen molar-refractivity contribution < 1.29 is 8.42 Å². The Kier molecular flexibility index (Phi) is 3.30. The van der Waals surface area contributed by atoms with Crippen LogP contribution in [0.2, 0.25) is 5.02 Å². The predicted molar refractivity (Wildman–Crippen MR) is 80.9 cm³/mol. The number of nitrogens with zero attached hydrogens (tertiary/aromatic N) is 2. The zero-order valence-corrected chi connectivity index (χ0v) is 12.5. The molecule has 0 aliphatic rings. The van der Waals surface area contributed by atoms with Gasteiger partial charge in [-0.3, -0.25) is 4.72 Å². The van der Waals surface area contributed by atoms with E-state index in [2.05, 4.69) is 19.7 Å². The smallest absolute Gasteiger partial charge is 0.261 e. The Hall–Kier alpha value is -2.12. The highest BCUT2D eigenvalue weighted by Gasteiger charge is 2.16. The van der Waals surface area contributed by atoms with Crippen LogP contribution in [0.3, 0.4) is 0 Å². The molecule has 0 bridgehead atoms. The molecule has 108 valence electrons. The highest BCUT2D eigenvalue weighted by molar-refractivity contribution is 7.92. The van der Waals surface area contributed by atoms with Crippen molar-refractivity contribution in [2.75, 3.05) is 4.72 Å². The molecule has 2 aromatic heterocycles. The van der Waals surface area contributed by atoms with E-state index in [9.17, 15) is 8.42 Å². The van der Waals surface area contributed by atoms with Crippen molar-refractivity contribution in [2.24, 2.45) is 0 Å². The van der Waals surface area contributed by atoms with E-state index in [1.165, 1.54) is 24.7 Å². The Bertz CT molecular complexity index is 921. The fraction of sp³-hybridized carbons (Fsp3) is 0.0769. The lowest BCUT2D eigenvalue weighted by molar-refractivity contribution is 0.601. The van der Waals surface area contributed by atoms with Gasteiger partial charge in [0.05, 0.1) is 28.6 Å². The van der Waals surface area contributed by atoms with Crippen LogP contribution >= 0.6 is 11.6 Å². The molecule has 1 aromatic carbocycles. The van der Waals surface area contributed by atoms with Crippen molar-refractivity contribution in [1.29, 1.82) is 0 Å². The van der Waals surface area contributed by atoms with Crippen LogP contribution in [0.15, 0.2) is 41.7 Å². The van der Waals surface area contributed by atoms with E-state index in [0.717, 1.165) is 5.56 Å². The third-order valence-corrected chi connectivity index (χ3v) is 4.77. The van der Waals surface area contributed by atoms with Crippen LogP contribution in [0.1, 0.15) is 5.56 Å². The number of hydrogen-bond donors (Lipinski definition) is 2. The highest BCUT2D eigenvalue weighted by Crippen LogP contribution is 2.22. The van der Waals surface area contributed by atoms with Gasteiger partial charge in [-0.25, -0.2) is 18.4 Å². The van der Waals surface area contributed by atoms with Crippen LogP contribution in [0.25, 0.3) is 11.2 Å². The quantitative estimate of drug-likeness (QED) is 0.776. The molecule has 8 heteroatoms. The van der Waals surface area contributed by atoms with Crippen molar-refractivity contribution in [1.82, 2.24) is 15.0 Å². The van der Waals surface area contributed by atoms with Crippen molar-refractivity contribution in [3.63, 3.8) is 0 Å². The lowest BCUT2D eigenvalue weighted by atomic mass is 10.2. The summed E-state index contributed by atoms with van der Waals surface area (Å²) in [6, 6.07) is 6.21. The van der Waals surface area contributed by atoms with Gasteiger partial charge in [-0.05, 0) is 30.7 Å². The first-order valence-electron chi connectivity index (χ1n) is 6.04. The first kappa shape index (κ1) is 13.8. The molecule has 21 heavy (non-hydrogen) atoms. The number of aryl methyl sites for hydroxylation is 1. The van der Waals surface area contributed by atoms with Crippen molar-refractivity contribution in [3.8, 4) is 0 Å². The molecule has 2 heterocycles. The van der Waals surface area contributed by atoms with Crippen LogP contribution < -0.4 is 4.72 Å². The van der Waals surface area contributed by atoms with Gasteiger partial charge in [0.2, 0.25) is 0 Å². The minimum atomic E-state index is -3.71. The van der Waals surface area contributed by atoms with Crippen LogP contribution in [-0.4, -0.2) is 23.4 Å². The zero-order chi connectivity index (χ0) is 15.0. The number of aromatic amines is 1. The summed E-state index contributed by atoms with van der Waals surface area (Å²) in [6.07, 6.45) is 2.91. The average molecular weight is 323 g/mol. The number of hydrogen-bond acceptors (Lipinski definition) is 4. The average Bonchev–Trinajstić information content (AvgIpc) is 2.88. The first-order valence-corrected chi connectivity index (χ1v) is 7.90. The Morgan fingerprint density at radius 2 is 2.05 bits per heavy atom. The monoisotopic (exact) mass is 322 g/mol. The minimum Gasteiger partial charge on any atom is -0.343 e. The number of fused-ring (bicyclic) bond motifs is 1. The Labute approximate surface area is 126 Å². The van der Waals surface area contributed by atoms with Crippen LogP contribution in [0.4, 0.5) is 5.69 Å². The number of halogens is 1. The van der Waals surface area contributed by atoms with Gasteiger partial charge in [0.25, 0.3) is 10.0 Å². The number of sulfonamides is 1. The molecule has 0 saturated carbocycles. The molecule has 0 atom stereocenters. The van der Waals surface area contributed by atoms with E-state index >= 15 is 0 Å². The fourth-order valence-electron chi connectivity index (χ4n) is 1.84. The van der Waals surface area contributed by atoms with Crippen molar-refractivity contribution in [3.05, 3.63) is 47.4 Å². The second-order valence-corrected chi connectivity index (χ2v) is 6.60. The summed E-state index contributed by atoms with van der Waals surface area (Å²) in [7, 11) is -3.71. The third-order valence-electron chi connectivity index (χ3n) is 2.98. The number of anilines is 1. The molecule has 0 spiro atoms. The second-order valence-electron chi connectivity index (χ2n) is 4.51. The zero-order valence-electron chi connectivity index (χ0n) is 11.0. The van der Waals surface area contributed by atoms with E-state index in [-0.39, 0.29) is 4.90 Å². The summed E-state index contributed by atoms with van der Waals surface area (Å²) in [5.74, 6) is 0. The summed E-state index contributed by atoms with van der Waals surface area (Å²) >= 11 is 5.97. The van der Waals surface area contributed by atoms with Gasteiger partial charge >= 0.3 is 0 Å². The van der Waals surface area contributed by atoms with E-state index in [1.807, 2.05) is 6.92 Å². The molecule has 0 saturated heterocycles. The number of pyridine rings is 1. The maximum atomic E-state index is 12.3. The van der Waals surface area contributed by atoms with E-state index < -0.39 is 10.0 Å². The van der Waals surface area contributed by atoms with Crippen molar-refractivity contribution >= 4 is 38.5 Å².